The van der Waals surface area contributed by atoms with Crippen molar-refractivity contribution in [2.45, 2.75) is 12.1 Å². The van der Waals surface area contributed by atoms with Crippen molar-refractivity contribution < 1.29 is 9.59 Å². The van der Waals surface area contributed by atoms with Crippen molar-refractivity contribution in [3.8, 4) is 5.69 Å². The molecule has 0 bridgehead atoms. The van der Waals surface area contributed by atoms with Gasteiger partial charge in [-0.1, -0.05) is 42.1 Å². The Labute approximate surface area is 180 Å². The summed E-state index contributed by atoms with van der Waals surface area (Å²) < 4.78 is 1.53. The molecule has 150 valence electrons. The van der Waals surface area contributed by atoms with Crippen LogP contribution >= 0.6 is 23.1 Å². The van der Waals surface area contributed by atoms with Crippen LogP contribution in [0, 0.1) is 0 Å². The second kappa shape index (κ2) is 8.64. The van der Waals surface area contributed by atoms with E-state index in [4.69, 9.17) is 0 Å². The first-order chi connectivity index (χ1) is 14.5. The van der Waals surface area contributed by atoms with Gasteiger partial charge in [-0.25, -0.2) is 4.98 Å². The molecule has 0 spiro atoms. The van der Waals surface area contributed by atoms with Crippen molar-refractivity contribution in [1.82, 2.24) is 9.55 Å². The number of thiophene rings is 1. The molecule has 1 amide bonds. The Bertz CT molecular complexity index is 1300. The van der Waals surface area contributed by atoms with Crippen molar-refractivity contribution in [3.05, 3.63) is 82.0 Å². The standard InChI is InChI=1S/C22H17N3O3S2/c1-14(26)15-6-5-7-16(12-15)23-19(27)13-30-22-24-20-18(10-11-29-20)21(28)25(22)17-8-3-2-4-9-17/h2-12H,13H2,1H3,(H,23,27). The van der Waals surface area contributed by atoms with Crippen molar-refractivity contribution in [2.75, 3.05) is 11.1 Å². The third-order valence-electron chi connectivity index (χ3n) is 4.37. The van der Waals surface area contributed by atoms with Gasteiger partial charge in [0.1, 0.15) is 4.83 Å². The molecule has 2 heterocycles. The number of amides is 1. The molecule has 0 saturated heterocycles. The van der Waals surface area contributed by atoms with Gasteiger partial charge in [0.15, 0.2) is 10.9 Å². The van der Waals surface area contributed by atoms with Gasteiger partial charge in [0.25, 0.3) is 5.56 Å². The number of nitrogens with one attached hydrogen (secondary N) is 1. The zero-order valence-electron chi connectivity index (χ0n) is 16.0. The van der Waals surface area contributed by atoms with Crippen molar-refractivity contribution in [3.63, 3.8) is 0 Å². The van der Waals surface area contributed by atoms with Crippen LogP contribution in [-0.2, 0) is 4.79 Å². The van der Waals surface area contributed by atoms with Crippen molar-refractivity contribution >= 4 is 50.7 Å². The Morgan fingerprint density at radius 1 is 1.10 bits per heavy atom. The number of carbonyl (C=O) groups excluding carboxylic acids is 2. The summed E-state index contributed by atoms with van der Waals surface area (Å²) in [5.41, 5.74) is 1.61. The predicted molar refractivity (Wildman–Crippen MR) is 121 cm³/mol. The number of aromatic nitrogens is 2. The third kappa shape index (κ3) is 4.19. The lowest BCUT2D eigenvalue weighted by Gasteiger charge is -2.12. The number of para-hydroxylation sites is 1. The van der Waals surface area contributed by atoms with E-state index in [1.54, 1.807) is 30.3 Å². The van der Waals surface area contributed by atoms with Gasteiger partial charge in [-0.15, -0.1) is 11.3 Å². The van der Waals surface area contributed by atoms with Gasteiger partial charge in [0, 0.05) is 11.3 Å². The van der Waals surface area contributed by atoms with Crippen LogP contribution in [0.25, 0.3) is 15.9 Å². The molecule has 0 atom stereocenters. The minimum Gasteiger partial charge on any atom is -0.325 e. The number of benzene rings is 2. The molecule has 8 heteroatoms. The minimum atomic E-state index is -0.249. The number of Topliss-reactive ketones (excluding diaryl/α,β-unsaturated/α-hetero) is 1. The fourth-order valence-corrected chi connectivity index (χ4v) is 4.56. The molecule has 0 aliphatic rings. The van der Waals surface area contributed by atoms with E-state index in [-0.39, 0.29) is 23.0 Å². The van der Waals surface area contributed by atoms with Crippen LogP contribution in [0.15, 0.2) is 76.0 Å². The molecule has 30 heavy (non-hydrogen) atoms. The Balaban J connectivity index is 1.59. The summed E-state index contributed by atoms with van der Waals surface area (Å²) >= 11 is 2.58. The number of carbonyl (C=O) groups is 2. The molecule has 1 N–H and O–H groups in total. The number of hydrogen-bond donors (Lipinski definition) is 1. The fraction of sp³-hybridized carbons (Fsp3) is 0.0909. The summed E-state index contributed by atoms with van der Waals surface area (Å²) in [7, 11) is 0. The average Bonchev–Trinajstić information content (AvgIpc) is 3.22. The number of ketones is 1. The number of fused-ring (bicyclic) bond motifs is 1. The molecule has 0 radical (unpaired) electrons. The Morgan fingerprint density at radius 3 is 2.67 bits per heavy atom. The number of anilines is 1. The van der Waals surface area contributed by atoms with Gasteiger partial charge in [0.05, 0.1) is 16.8 Å². The van der Waals surface area contributed by atoms with E-state index < -0.39 is 0 Å². The quantitative estimate of drug-likeness (QED) is 0.276. The maximum Gasteiger partial charge on any atom is 0.267 e. The van der Waals surface area contributed by atoms with Crippen LogP contribution in [0.1, 0.15) is 17.3 Å². The Morgan fingerprint density at radius 2 is 1.90 bits per heavy atom. The number of nitrogens with zero attached hydrogens (tertiary/aromatic N) is 2. The Hall–Kier alpha value is -3.23. The SMILES string of the molecule is CC(=O)c1cccc(NC(=O)CSc2nc3sccc3c(=O)n2-c2ccccc2)c1. The van der Waals surface area contributed by atoms with Gasteiger partial charge in [-0.3, -0.25) is 19.0 Å². The van der Waals surface area contributed by atoms with E-state index in [2.05, 4.69) is 10.3 Å². The highest BCUT2D eigenvalue weighted by Crippen LogP contribution is 2.24. The van der Waals surface area contributed by atoms with Crippen LogP contribution in [-0.4, -0.2) is 27.0 Å². The summed E-state index contributed by atoms with van der Waals surface area (Å²) in [5, 5.41) is 5.63. The number of rotatable bonds is 6. The number of thioether (sulfide) groups is 1. The van der Waals surface area contributed by atoms with Crippen LogP contribution < -0.4 is 10.9 Å². The minimum absolute atomic E-state index is 0.0687. The van der Waals surface area contributed by atoms with Gasteiger partial charge < -0.3 is 5.32 Å². The molecule has 4 rings (SSSR count). The van der Waals surface area contributed by atoms with E-state index in [9.17, 15) is 14.4 Å². The first-order valence-electron chi connectivity index (χ1n) is 9.12. The second-order valence-electron chi connectivity index (χ2n) is 6.48. The van der Waals surface area contributed by atoms with Crippen LogP contribution in [0.3, 0.4) is 0 Å². The fourth-order valence-electron chi connectivity index (χ4n) is 2.94. The van der Waals surface area contributed by atoms with Crippen LogP contribution in [0.2, 0.25) is 0 Å². The highest BCUT2D eigenvalue weighted by atomic mass is 32.2. The maximum absolute atomic E-state index is 13.0. The summed E-state index contributed by atoms with van der Waals surface area (Å²) in [5.74, 6) is -0.248. The van der Waals surface area contributed by atoms with E-state index in [0.29, 0.717) is 32.3 Å². The molecule has 0 saturated carbocycles. The average molecular weight is 436 g/mol. The van der Waals surface area contributed by atoms with Gasteiger partial charge in [-0.05, 0) is 42.6 Å². The van der Waals surface area contributed by atoms with Gasteiger partial charge in [0.2, 0.25) is 5.91 Å². The highest BCUT2D eigenvalue weighted by molar-refractivity contribution is 7.99. The third-order valence-corrected chi connectivity index (χ3v) is 6.11. The highest BCUT2D eigenvalue weighted by Gasteiger charge is 2.15. The van der Waals surface area contributed by atoms with E-state index in [1.165, 1.54) is 34.6 Å². The molecular weight excluding hydrogens is 418 g/mol. The molecule has 2 aromatic carbocycles. The summed E-state index contributed by atoms with van der Waals surface area (Å²) in [6.07, 6.45) is 0. The molecule has 0 unspecified atom stereocenters. The lowest BCUT2D eigenvalue weighted by atomic mass is 10.1. The summed E-state index contributed by atoms with van der Waals surface area (Å²) in [6.45, 7) is 1.48. The monoisotopic (exact) mass is 435 g/mol. The largest absolute Gasteiger partial charge is 0.325 e. The Kier molecular flexibility index (Phi) is 5.78. The van der Waals surface area contributed by atoms with Gasteiger partial charge in [-0.2, -0.15) is 0 Å². The lowest BCUT2D eigenvalue weighted by molar-refractivity contribution is -0.113. The first kappa shape index (κ1) is 20.1. The molecule has 2 aromatic heterocycles. The molecular formula is C22H17N3O3S2. The first-order valence-corrected chi connectivity index (χ1v) is 11.0. The second-order valence-corrected chi connectivity index (χ2v) is 8.32. The van der Waals surface area contributed by atoms with E-state index in [0.717, 1.165) is 0 Å². The molecule has 4 aromatic rings. The topological polar surface area (TPSA) is 81.1 Å². The zero-order valence-corrected chi connectivity index (χ0v) is 17.6. The summed E-state index contributed by atoms with van der Waals surface area (Å²) in [4.78, 5) is 42.3. The maximum atomic E-state index is 13.0. The smallest absolute Gasteiger partial charge is 0.267 e. The van der Waals surface area contributed by atoms with Crippen LogP contribution in [0.4, 0.5) is 5.69 Å². The molecule has 6 nitrogen and oxygen atoms in total. The van der Waals surface area contributed by atoms with E-state index in [1.807, 2.05) is 35.7 Å². The summed E-state index contributed by atoms with van der Waals surface area (Å²) in [6, 6.07) is 17.8. The molecule has 0 aliphatic carbocycles. The molecule has 0 aliphatic heterocycles. The normalized spacial score (nSPS) is 10.8. The predicted octanol–water partition coefficient (Wildman–Crippen LogP) is 4.38. The zero-order chi connectivity index (χ0) is 21.1. The van der Waals surface area contributed by atoms with Gasteiger partial charge >= 0.3 is 0 Å². The van der Waals surface area contributed by atoms with Crippen molar-refractivity contribution in [2.24, 2.45) is 0 Å². The van der Waals surface area contributed by atoms with Crippen molar-refractivity contribution in [1.29, 1.82) is 0 Å². The molecule has 0 fully saturated rings. The van der Waals surface area contributed by atoms with Crippen LogP contribution in [0.5, 0.6) is 0 Å². The van der Waals surface area contributed by atoms with E-state index >= 15 is 0 Å². The lowest BCUT2D eigenvalue weighted by Crippen LogP contribution is -2.22. The number of hydrogen-bond acceptors (Lipinski definition) is 6.